The zero-order chi connectivity index (χ0) is 22.5. The van der Waals surface area contributed by atoms with Crippen molar-refractivity contribution in [1.82, 2.24) is 9.55 Å². The molecular weight excluding hydrogens is 439 g/mol. The smallest absolute Gasteiger partial charge is 0.133 e. The summed E-state index contributed by atoms with van der Waals surface area (Å²) in [5.74, 6) is 1.77. The molecule has 0 saturated carbocycles. The Morgan fingerprint density at radius 3 is 2.19 bits per heavy atom. The molecule has 0 fully saturated rings. The lowest BCUT2D eigenvalue weighted by atomic mass is 10.0. The van der Waals surface area contributed by atoms with Crippen LogP contribution in [0.25, 0.3) is 34.5 Å². The van der Waals surface area contributed by atoms with Crippen molar-refractivity contribution in [3.05, 3.63) is 94.4 Å². The number of hydrogen-bond donors (Lipinski definition) is 0. The SMILES string of the molecule is CCOc1ccc(-c2ccc(/C=C/c3nc(-c4ccc(Cl)cc4Cl)cn3CC)cc2)cc1. The monoisotopic (exact) mass is 462 g/mol. The van der Waals surface area contributed by atoms with Crippen molar-refractivity contribution < 1.29 is 4.74 Å². The number of aryl methyl sites for hydroxylation is 1. The van der Waals surface area contributed by atoms with Crippen molar-refractivity contribution >= 4 is 35.4 Å². The summed E-state index contributed by atoms with van der Waals surface area (Å²) >= 11 is 12.4. The van der Waals surface area contributed by atoms with Crippen LogP contribution in [0.15, 0.2) is 72.9 Å². The van der Waals surface area contributed by atoms with Crippen LogP contribution in [-0.2, 0) is 6.54 Å². The van der Waals surface area contributed by atoms with E-state index in [4.69, 9.17) is 32.9 Å². The Hall–Kier alpha value is -3.01. The van der Waals surface area contributed by atoms with Gasteiger partial charge in [-0.3, -0.25) is 0 Å². The maximum absolute atomic E-state index is 6.37. The first-order valence-electron chi connectivity index (χ1n) is 10.6. The summed E-state index contributed by atoms with van der Waals surface area (Å²) in [5, 5.41) is 1.21. The van der Waals surface area contributed by atoms with Gasteiger partial charge in [-0.15, -0.1) is 0 Å². The molecule has 0 bridgehead atoms. The third-order valence-electron chi connectivity index (χ3n) is 5.19. The highest BCUT2D eigenvalue weighted by atomic mass is 35.5. The first kappa shape index (κ1) is 22.2. The molecule has 0 atom stereocenters. The van der Waals surface area contributed by atoms with Gasteiger partial charge < -0.3 is 9.30 Å². The molecule has 162 valence electrons. The fourth-order valence-electron chi connectivity index (χ4n) is 3.51. The molecule has 0 aliphatic carbocycles. The number of ether oxygens (including phenoxy) is 1. The van der Waals surface area contributed by atoms with Crippen molar-refractivity contribution in [1.29, 1.82) is 0 Å². The molecule has 0 amide bonds. The van der Waals surface area contributed by atoms with Gasteiger partial charge in [-0.1, -0.05) is 65.7 Å². The Morgan fingerprint density at radius 1 is 0.875 bits per heavy atom. The average molecular weight is 463 g/mol. The lowest BCUT2D eigenvalue weighted by Gasteiger charge is -2.05. The van der Waals surface area contributed by atoms with E-state index in [9.17, 15) is 0 Å². The zero-order valence-electron chi connectivity index (χ0n) is 18.1. The molecule has 0 aliphatic heterocycles. The van der Waals surface area contributed by atoms with Crippen LogP contribution in [0, 0.1) is 0 Å². The van der Waals surface area contributed by atoms with Crippen LogP contribution < -0.4 is 4.74 Å². The fourth-order valence-corrected chi connectivity index (χ4v) is 4.02. The molecule has 0 N–H and O–H groups in total. The van der Waals surface area contributed by atoms with Gasteiger partial charge in [0, 0.05) is 23.3 Å². The maximum atomic E-state index is 6.37. The lowest BCUT2D eigenvalue weighted by molar-refractivity contribution is 0.340. The number of rotatable bonds is 7. The van der Waals surface area contributed by atoms with Crippen LogP contribution in [0.1, 0.15) is 25.2 Å². The fraction of sp³-hybridized carbons (Fsp3) is 0.148. The molecule has 1 heterocycles. The standard InChI is InChI=1S/C27H24Cl2N2O/c1-3-31-18-26(24-15-12-22(28)17-25(24)29)30-27(31)16-7-19-5-8-20(9-6-19)21-10-13-23(14-11-21)32-4-2/h5-18H,3-4H2,1-2H3/b16-7+. The van der Waals surface area contributed by atoms with Crippen LogP contribution in [0.5, 0.6) is 5.75 Å². The molecule has 0 spiro atoms. The third-order valence-corrected chi connectivity index (χ3v) is 5.74. The van der Waals surface area contributed by atoms with Gasteiger partial charge in [-0.25, -0.2) is 4.98 Å². The normalized spacial score (nSPS) is 11.2. The van der Waals surface area contributed by atoms with Gasteiger partial charge in [0.2, 0.25) is 0 Å². The molecule has 0 aliphatic rings. The Kier molecular flexibility index (Phi) is 6.99. The number of aromatic nitrogens is 2. The summed E-state index contributed by atoms with van der Waals surface area (Å²) in [6.45, 7) is 5.57. The van der Waals surface area contributed by atoms with Crippen LogP contribution >= 0.6 is 23.2 Å². The molecule has 4 aromatic rings. The zero-order valence-corrected chi connectivity index (χ0v) is 19.6. The molecule has 3 aromatic carbocycles. The number of nitrogens with zero attached hydrogens (tertiary/aromatic N) is 2. The van der Waals surface area contributed by atoms with E-state index in [0.717, 1.165) is 40.5 Å². The number of halogens is 2. The Bertz CT molecular complexity index is 1230. The van der Waals surface area contributed by atoms with E-state index in [1.54, 1.807) is 6.07 Å². The Balaban J connectivity index is 1.53. The van der Waals surface area contributed by atoms with E-state index < -0.39 is 0 Å². The predicted octanol–water partition coefficient (Wildman–Crippen LogP) is 8.11. The minimum atomic E-state index is 0.596. The topological polar surface area (TPSA) is 27.1 Å². The van der Waals surface area contributed by atoms with Crippen molar-refractivity contribution in [2.45, 2.75) is 20.4 Å². The Labute approximate surface area is 198 Å². The van der Waals surface area contributed by atoms with Crippen molar-refractivity contribution in [2.75, 3.05) is 6.61 Å². The van der Waals surface area contributed by atoms with E-state index in [0.29, 0.717) is 16.7 Å². The highest BCUT2D eigenvalue weighted by molar-refractivity contribution is 6.36. The van der Waals surface area contributed by atoms with Gasteiger partial charge >= 0.3 is 0 Å². The second-order valence-corrected chi connectivity index (χ2v) is 8.15. The number of benzene rings is 3. The van der Waals surface area contributed by atoms with Crippen LogP contribution in [0.3, 0.4) is 0 Å². The van der Waals surface area contributed by atoms with Gasteiger partial charge in [0.1, 0.15) is 11.6 Å². The first-order valence-corrected chi connectivity index (χ1v) is 11.4. The van der Waals surface area contributed by atoms with Crippen molar-refractivity contribution in [3.63, 3.8) is 0 Å². The molecule has 0 radical (unpaired) electrons. The second kappa shape index (κ2) is 10.1. The summed E-state index contributed by atoms with van der Waals surface area (Å²) in [6.07, 6.45) is 6.12. The molecule has 3 nitrogen and oxygen atoms in total. The van der Waals surface area contributed by atoms with Crippen LogP contribution in [0.2, 0.25) is 10.0 Å². The van der Waals surface area contributed by atoms with Crippen LogP contribution in [-0.4, -0.2) is 16.2 Å². The molecule has 1 aromatic heterocycles. The van der Waals surface area contributed by atoms with E-state index in [2.05, 4.69) is 54.0 Å². The van der Waals surface area contributed by atoms with E-state index in [1.165, 1.54) is 5.56 Å². The van der Waals surface area contributed by atoms with Gasteiger partial charge in [0.25, 0.3) is 0 Å². The van der Waals surface area contributed by atoms with Gasteiger partial charge in [-0.05, 0) is 66.9 Å². The minimum absolute atomic E-state index is 0.596. The summed E-state index contributed by atoms with van der Waals surface area (Å²) in [5.41, 5.74) is 5.14. The molecule has 0 saturated heterocycles. The van der Waals surface area contributed by atoms with Gasteiger partial charge in [0.15, 0.2) is 0 Å². The second-order valence-electron chi connectivity index (χ2n) is 7.31. The highest BCUT2D eigenvalue weighted by Crippen LogP contribution is 2.30. The predicted molar refractivity (Wildman–Crippen MR) is 135 cm³/mol. The Morgan fingerprint density at radius 2 is 1.56 bits per heavy atom. The number of hydrogen-bond acceptors (Lipinski definition) is 2. The van der Waals surface area contributed by atoms with E-state index in [1.807, 2.05) is 43.5 Å². The van der Waals surface area contributed by atoms with Gasteiger partial charge in [0.05, 0.1) is 17.3 Å². The maximum Gasteiger partial charge on any atom is 0.133 e. The first-order chi connectivity index (χ1) is 15.6. The third kappa shape index (κ3) is 5.07. The van der Waals surface area contributed by atoms with Crippen LogP contribution in [0.4, 0.5) is 0 Å². The minimum Gasteiger partial charge on any atom is -0.494 e. The summed E-state index contributed by atoms with van der Waals surface area (Å²) in [4.78, 5) is 4.78. The molecular formula is C27H24Cl2N2O. The van der Waals surface area contributed by atoms with Crippen molar-refractivity contribution in [2.24, 2.45) is 0 Å². The molecule has 5 heteroatoms. The highest BCUT2D eigenvalue weighted by Gasteiger charge is 2.10. The average Bonchev–Trinajstić information content (AvgIpc) is 3.22. The lowest BCUT2D eigenvalue weighted by Crippen LogP contribution is -1.94. The number of imidazole rings is 1. The molecule has 32 heavy (non-hydrogen) atoms. The molecule has 4 rings (SSSR count). The summed E-state index contributed by atoms with van der Waals surface area (Å²) < 4.78 is 7.62. The van der Waals surface area contributed by atoms with E-state index >= 15 is 0 Å². The molecule has 0 unspecified atom stereocenters. The van der Waals surface area contributed by atoms with Gasteiger partial charge in [-0.2, -0.15) is 0 Å². The largest absolute Gasteiger partial charge is 0.494 e. The summed E-state index contributed by atoms with van der Waals surface area (Å²) in [7, 11) is 0. The summed E-state index contributed by atoms with van der Waals surface area (Å²) in [6, 6.07) is 22.1. The quantitative estimate of drug-likeness (QED) is 0.277. The van der Waals surface area contributed by atoms with E-state index in [-0.39, 0.29) is 0 Å². The van der Waals surface area contributed by atoms with Crippen molar-refractivity contribution in [3.8, 4) is 28.1 Å².